The Balaban J connectivity index is 1.78. The summed E-state index contributed by atoms with van der Waals surface area (Å²) in [7, 11) is 0. The van der Waals surface area contributed by atoms with E-state index in [2.05, 4.69) is 20.4 Å². The summed E-state index contributed by atoms with van der Waals surface area (Å²) < 4.78 is 1.62. The van der Waals surface area contributed by atoms with Crippen LogP contribution in [0.5, 0.6) is 0 Å². The molecule has 118 valence electrons. The summed E-state index contributed by atoms with van der Waals surface area (Å²) in [6, 6.07) is 9.65. The van der Waals surface area contributed by atoms with Gasteiger partial charge in [-0.25, -0.2) is 14.5 Å². The number of hydrogen-bond acceptors (Lipinski definition) is 5. The second-order valence-electron chi connectivity index (χ2n) is 5.25. The van der Waals surface area contributed by atoms with E-state index in [1.165, 1.54) is 11.3 Å². The predicted octanol–water partition coefficient (Wildman–Crippen LogP) is 3.41. The summed E-state index contributed by atoms with van der Waals surface area (Å²) in [5, 5.41) is 9.40. The topological polar surface area (TPSA) is 72.2 Å². The van der Waals surface area contributed by atoms with E-state index in [0.29, 0.717) is 16.3 Å². The molecule has 4 rings (SSSR count). The van der Waals surface area contributed by atoms with Gasteiger partial charge in [0.2, 0.25) is 0 Å². The Hall–Kier alpha value is -3.06. The van der Waals surface area contributed by atoms with Gasteiger partial charge in [-0.1, -0.05) is 24.3 Å². The van der Waals surface area contributed by atoms with Gasteiger partial charge in [-0.05, 0) is 18.6 Å². The predicted molar refractivity (Wildman–Crippen MR) is 93.2 cm³/mol. The molecule has 3 heterocycles. The number of thiazole rings is 1. The molecule has 3 aromatic heterocycles. The van der Waals surface area contributed by atoms with E-state index in [1.54, 1.807) is 23.0 Å². The highest BCUT2D eigenvalue weighted by Crippen LogP contribution is 2.23. The maximum absolute atomic E-state index is 12.5. The molecule has 0 radical (unpaired) electrons. The molecule has 1 N–H and O–H groups in total. The van der Waals surface area contributed by atoms with Gasteiger partial charge in [0.15, 0.2) is 10.8 Å². The van der Waals surface area contributed by atoms with Crippen molar-refractivity contribution in [2.45, 2.75) is 6.92 Å². The quantitative estimate of drug-likeness (QED) is 0.623. The van der Waals surface area contributed by atoms with Crippen molar-refractivity contribution in [3.05, 3.63) is 65.4 Å². The van der Waals surface area contributed by atoms with Gasteiger partial charge in [0.05, 0.1) is 17.5 Å². The maximum atomic E-state index is 12.5. The lowest BCUT2D eigenvalue weighted by molar-refractivity contribution is 0.102. The van der Waals surface area contributed by atoms with E-state index in [1.807, 2.05) is 42.8 Å². The molecule has 6 nitrogen and oxygen atoms in total. The van der Waals surface area contributed by atoms with Gasteiger partial charge >= 0.3 is 0 Å². The molecule has 0 fully saturated rings. The monoisotopic (exact) mass is 335 g/mol. The average molecular weight is 335 g/mol. The molecule has 0 aliphatic carbocycles. The molecule has 0 spiro atoms. The number of carbonyl (C=O) groups excluding carboxylic acids is 1. The number of anilines is 1. The first kappa shape index (κ1) is 14.5. The second-order valence-corrected chi connectivity index (χ2v) is 6.14. The van der Waals surface area contributed by atoms with Gasteiger partial charge in [0, 0.05) is 23.3 Å². The molecular weight excluding hydrogens is 322 g/mol. The van der Waals surface area contributed by atoms with E-state index in [-0.39, 0.29) is 5.91 Å². The van der Waals surface area contributed by atoms with Gasteiger partial charge < -0.3 is 0 Å². The lowest BCUT2D eigenvalue weighted by Crippen LogP contribution is -2.13. The number of nitrogens with zero attached hydrogens (tertiary/aromatic N) is 4. The number of nitrogens with one attached hydrogen (secondary N) is 1. The molecule has 0 atom stereocenters. The van der Waals surface area contributed by atoms with Gasteiger partial charge in [-0.15, -0.1) is 11.3 Å². The number of rotatable bonds is 3. The minimum Gasteiger partial charge on any atom is -0.298 e. The second kappa shape index (κ2) is 5.86. The molecule has 0 saturated heterocycles. The Morgan fingerprint density at radius 1 is 1.21 bits per heavy atom. The summed E-state index contributed by atoms with van der Waals surface area (Å²) >= 11 is 1.37. The standard InChI is InChI=1S/C17H13N5OS/c1-11-4-2-3-5-12(11)14-10-22-15(20-14)13(6-7-19-22)16(23)21-17-18-8-9-24-17/h2-10H,1H3,(H,18,21,23). The maximum Gasteiger partial charge on any atom is 0.261 e. The Bertz CT molecular complexity index is 1020. The Labute approximate surface area is 141 Å². The minimum absolute atomic E-state index is 0.251. The highest BCUT2D eigenvalue weighted by atomic mass is 32.1. The summed E-state index contributed by atoms with van der Waals surface area (Å²) in [4.78, 5) is 21.2. The van der Waals surface area contributed by atoms with Crippen molar-refractivity contribution in [3.8, 4) is 11.3 Å². The van der Waals surface area contributed by atoms with Crippen molar-refractivity contribution >= 4 is 28.0 Å². The van der Waals surface area contributed by atoms with Crippen LogP contribution in [0.3, 0.4) is 0 Å². The zero-order chi connectivity index (χ0) is 16.5. The normalized spacial score (nSPS) is 10.9. The van der Waals surface area contributed by atoms with Gasteiger partial charge in [-0.3, -0.25) is 10.1 Å². The fraction of sp³-hybridized carbons (Fsp3) is 0.0588. The molecule has 24 heavy (non-hydrogen) atoms. The van der Waals surface area contributed by atoms with Crippen LogP contribution in [-0.4, -0.2) is 25.5 Å². The van der Waals surface area contributed by atoms with Crippen molar-refractivity contribution in [3.63, 3.8) is 0 Å². The molecule has 1 amide bonds. The van der Waals surface area contributed by atoms with Crippen molar-refractivity contribution in [1.82, 2.24) is 19.6 Å². The number of aromatic nitrogens is 4. The molecule has 0 bridgehead atoms. The first-order valence-corrected chi connectivity index (χ1v) is 8.21. The first-order chi connectivity index (χ1) is 11.7. The molecule has 1 aromatic carbocycles. The van der Waals surface area contributed by atoms with Crippen LogP contribution in [-0.2, 0) is 0 Å². The molecule has 4 aromatic rings. The number of carbonyl (C=O) groups is 1. The van der Waals surface area contributed by atoms with E-state index in [0.717, 1.165) is 16.8 Å². The molecule has 0 aliphatic rings. The largest absolute Gasteiger partial charge is 0.298 e. The third kappa shape index (κ3) is 2.55. The van der Waals surface area contributed by atoms with Crippen LogP contribution in [0.1, 0.15) is 15.9 Å². The van der Waals surface area contributed by atoms with Crippen LogP contribution in [0, 0.1) is 6.92 Å². The lowest BCUT2D eigenvalue weighted by Gasteiger charge is -2.02. The zero-order valence-corrected chi connectivity index (χ0v) is 13.6. The highest BCUT2D eigenvalue weighted by Gasteiger charge is 2.16. The minimum atomic E-state index is -0.251. The molecule has 0 unspecified atom stereocenters. The van der Waals surface area contributed by atoms with Crippen molar-refractivity contribution in [2.24, 2.45) is 0 Å². The Morgan fingerprint density at radius 2 is 2.08 bits per heavy atom. The summed E-state index contributed by atoms with van der Waals surface area (Å²) in [5.74, 6) is -0.251. The summed E-state index contributed by atoms with van der Waals surface area (Å²) in [6.07, 6.45) is 5.07. The summed E-state index contributed by atoms with van der Waals surface area (Å²) in [5.41, 5.74) is 3.91. The van der Waals surface area contributed by atoms with Crippen molar-refractivity contribution in [1.29, 1.82) is 0 Å². The SMILES string of the molecule is Cc1ccccc1-c1cn2nccc(C(=O)Nc3nccs3)c2n1. The van der Waals surface area contributed by atoms with E-state index < -0.39 is 0 Å². The van der Waals surface area contributed by atoms with Gasteiger partial charge in [0.1, 0.15) is 0 Å². The van der Waals surface area contributed by atoms with Crippen molar-refractivity contribution < 1.29 is 4.79 Å². The van der Waals surface area contributed by atoms with Crippen LogP contribution >= 0.6 is 11.3 Å². The summed E-state index contributed by atoms with van der Waals surface area (Å²) in [6.45, 7) is 2.03. The van der Waals surface area contributed by atoms with Crippen LogP contribution < -0.4 is 5.32 Å². The highest BCUT2D eigenvalue weighted by molar-refractivity contribution is 7.13. The number of benzene rings is 1. The zero-order valence-electron chi connectivity index (χ0n) is 12.8. The first-order valence-electron chi connectivity index (χ1n) is 7.33. The number of amides is 1. The van der Waals surface area contributed by atoms with Gasteiger partial charge in [-0.2, -0.15) is 5.10 Å². The van der Waals surface area contributed by atoms with Crippen molar-refractivity contribution in [2.75, 3.05) is 5.32 Å². The lowest BCUT2D eigenvalue weighted by atomic mass is 10.1. The molecule has 0 aliphatic heterocycles. The van der Waals surface area contributed by atoms with Gasteiger partial charge in [0.25, 0.3) is 5.91 Å². The van der Waals surface area contributed by atoms with E-state index in [9.17, 15) is 4.79 Å². The number of fused-ring (bicyclic) bond motifs is 1. The smallest absolute Gasteiger partial charge is 0.261 e. The third-order valence-electron chi connectivity index (χ3n) is 3.68. The van der Waals surface area contributed by atoms with Crippen LogP contribution in [0.15, 0.2) is 54.3 Å². The van der Waals surface area contributed by atoms with Crippen LogP contribution in [0.2, 0.25) is 0 Å². The number of aryl methyl sites for hydroxylation is 1. The molecule has 7 heteroatoms. The third-order valence-corrected chi connectivity index (χ3v) is 4.37. The number of imidazole rings is 1. The van der Waals surface area contributed by atoms with Crippen LogP contribution in [0.25, 0.3) is 16.9 Å². The fourth-order valence-electron chi connectivity index (χ4n) is 2.51. The number of hydrogen-bond donors (Lipinski definition) is 1. The molecular formula is C17H13N5OS. The Morgan fingerprint density at radius 3 is 2.88 bits per heavy atom. The molecule has 0 saturated carbocycles. The average Bonchev–Trinajstić information content (AvgIpc) is 3.23. The fourth-order valence-corrected chi connectivity index (χ4v) is 3.04. The van der Waals surface area contributed by atoms with E-state index >= 15 is 0 Å². The van der Waals surface area contributed by atoms with E-state index in [4.69, 9.17) is 0 Å². The Kier molecular flexibility index (Phi) is 3.55. The van der Waals surface area contributed by atoms with Crippen LogP contribution in [0.4, 0.5) is 5.13 Å².